The fraction of sp³-hybridized carbons (Fsp3) is 0.316. The highest BCUT2D eigenvalue weighted by Gasteiger charge is 2.25. The zero-order chi connectivity index (χ0) is 17.3. The molecule has 1 aliphatic rings. The molecule has 0 aromatic heterocycles. The van der Waals surface area contributed by atoms with Crippen LogP contribution in [0.25, 0.3) is 0 Å². The summed E-state index contributed by atoms with van der Waals surface area (Å²) in [6.45, 7) is 3.05. The lowest BCUT2D eigenvalue weighted by molar-refractivity contribution is -0.136. The van der Waals surface area contributed by atoms with E-state index in [1.165, 1.54) is 15.5 Å². The van der Waals surface area contributed by atoms with Crippen LogP contribution in [0.2, 0.25) is 0 Å². The Kier molecular flexibility index (Phi) is 4.83. The molecule has 1 N–H and O–H groups in total. The molecule has 1 heterocycles. The van der Waals surface area contributed by atoms with Crippen molar-refractivity contribution < 1.29 is 9.90 Å². The van der Waals surface area contributed by atoms with Crippen LogP contribution in [0.3, 0.4) is 0 Å². The number of carbonyl (C=O) groups is 1. The molecule has 5 heteroatoms. The van der Waals surface area contributed by atoms with Crippen LogP contribution in [0.5, 0.6) is 0 Å². The van der Waals surface area contributed by atoms with E-state index in [0.717, 1.165) is 17.8 Å². The molecule has 2 aromatic carbocycles. The van der Waals surface area contributed by atoms with Crippen LogP contribution >= 0.6 is 11.8 Å². The van der Waals surface area contributed by atoms with E-state index >= 15 is 0 Å². The van der Waals surface area contributed by atoms with Crippen molar-refractivity contribution in [3.05, 3.63) is 48.0 Å². The molecule has 1 atom stereocenters. The van der Waals surface area contributed by atoms with Crippen LogP contribution in [-0.4, -0.2) is 42.7 Å². The maximum atomic E-state index is 11.1. The number of benzene rings is 2. The number of carboxylic acids is 1. The SMILES string of the molecule is CC(CN1c2ccccc2Sc2ccc(CC(=O)O)cc21)N(C)C. The third-order valence-electron chi connectivity index (χ3n) is 4.37. The maximum absolute atomic E-state index is 11.1. The molecule has 0 bridgehead atoms. The van der Waals surface area contributed by atoms with Gasteiger partial charge < -0.3 is 14.9 Å². The van der Waals surface area contributed by atoms with Gasteiger partial charge in [0.25, 0.3) is 0 Å². The molecule has 0 saturated heterocycles. The Labute approximate surface area is 147 Å². The van der Waals surface area contributed by atoms with E-state index in [9.17, 15) is 4.79 Å². The highest BCUT2D eigenvalue weighted by Crippen LogP contribution is 2.48. The highest BCUT2D eigenvalue weighted by atomic mass is 32.2. The summed E-state index contributed by atoms with van der Waals surface area (Å²) in [7, 11) is 4.16. The van der Waals surface area contributed by atoms with Crippen molar-refractivity contribution in [1.82, 2.24) is 4.90 Å². The monoisotopic (exact) mass is 342 g/mol. The van der Waals surface area contributed by atoms with Gasteiger partial charge in [-0.05, 0) is 50.8 Å². The quantitative estimate of drug-likeness (QED) is 0.894. The van der Waals surface area contributed by atoms with Gasteiger partial charge in [-0.15, -0.1) is 0 Å². The summed E-state index contributed by atoms with van der Waals surface area (Å²) < 4.78 is 0. The van der Waals surface area contributed by atoms with Crippen LogP contribution in [0.15, 0.2) is 52.3 Å². The maximum Gasteiger partial charge on any atom is 0.307 e. The molecule has 2 aromatic rings. The number of hydrogen-bond donors (Lipinski definition) is 1. The first kappa shape index (κ1) is 16.9. The molecule has 0 spiro atoms. The third-order valence-corrected chi connectivity index (χ3v) is 5.50. The molecule has 24 heavy (non-hydrogen) atoms. The molecule has 126 valence electrons. The average Bonchev–Trinajstić information content (AvgIpc) is 2.54. The number of likely N-dealkylation sites (N-methyl/N-ethyl adjacent to an activating group) is 1. The van der Waals surface area contributed by atoms with Gasteiger partial charge in [-0.2, -0.15) is 0 Å². The molecule has 0 radical (unpaired) electrons. The second-order valence-electron chi connectivity index (χ2n) is 6.37. The summed E-state index contributed by atoms with van der Waals surface area (Å²) in [6, 6.07) is 14.7. The Hall–Kier alpha value is -1.98. The molecule has 1 aliphatic heterocycles. The smallest absolute Gasteiger partial charge is 0.307 e. The summed E-state index contributed by atoms with van der Waals surface area (Å²) in [4.78, 5) is 18.0. The number of rotatable bonds is 5. The van der Waals surface area contributed by atoms with E-state index in [4.69, 9.17) is 5.11 Å². The first-order valence-corrected chi connectivity index (χ1v) is 8.83. The summed E-state index contributed by atoms with van der Waals surface area (Å²) in [5, 5.41) is 9.09. The second kappa shape index (κ2) is 6.87. The third kappa shape index (κ3) is 3.42. The molecule has 0 amide bonds. The fourth-order valence-corrected chi connectivity index (χ4v) is 3.86. The van der Waals surface area contributed by atoms with E-state index in [0.29, 0.717) is 6.04 Å². The minimum Gasteiger partial charge on any atom is -0.481 e. The van der Waals surface area contributed by atoms with E-state index in [1.807, 2.05) is 18.2 Å². The van der Waals surface area contributed by atoms with Crippen molar-refractivity contribution in [2.45, 2.75) is 29.2 Å². The van der Waals surface area contributed by atoms with E-state index < -0.39 is 5.97 Å². The Bertz CT molecular complexity index is 761. The van der Waals surface area contributed by atoms with Crippen molar-refractivity contribution in [1.29, 1.82) is 0 Å². The summed E-state index contributed by atoms with van der Waals surface area (Å²) >= 11 is 1.75. The second-order valence-corrected chi connectivity index (χ2v) is 7.45. The van der Waals surface area contributed by atoms with Crippen molar-refractivity contribution >= 4 is 29.1 Å². The first-order chi connectivity index (χ1) is 11.5. The molecule has 1 unspecified atom stereocenters. The zero-order valence-electron chi connectivity index (χ0n) is 14.2. The van der Waals surface area contributed by atoms with Gasteiger partial charge in [-0.3, -0.25) is 4.79 Å². The van der Waals surface area contributed by atoms with Gasteiger partial charge in [0.1, 0.15) is 0 Å². The summed E-state index contributed by atoms with van der Waals surface area (Å²) in [5.74, 6) is -0.799. The molecular weight excluding hydrogens is 320 g/mol. The highest BCUT2D eigenvalue weighted by molar-refractivity contribution is 7.99. The minimum atomic E-state index is -0.799. The summed E-state index contributed by atoms with van der Waals surface area (Å²) in [6.07, 6.45) is 0.0522. The number of carboxylic acid groups (broad SMARTS) is 1. The Morgan fingerprint density at radius 1 is 1.17 bits per heavy atom. The predicted molar refractivity (Wildman–Crippen MR) is 98.5 cm³/mol. The molecule has 0 saturated carbocycles. The molecule has 4 nitrogen and oxygen atoms in total. The number of anilines is 2. The standard InChI is InChI=1S/C19H22N2O2S/c1-13(20(2)3)12-21-15-6-4-5-7-17(15)24-18-9-8-14(10-16(18)21)11-19(22)23/h4-10,13H,11-12H2,1-3H3,(H,22,23). The Morgan fingerprint density at radius 2 is 1.88 bits per heavy atom. The molecule has 0 aliphatic carbocycles. The molecular formula is C19H22N2O2S. The van der Waals surface area contributed by atoms with Gasteiger partial charge in [0.05, 0.1) is 17.8 Å². The van der Waals surface area contributed by atoms with Gasteiger partial charge >= 0.3 is 5.97 Å². The Balaban J connectivity index is 2.03. The van der Waals surface area contributed by atoms with Crippen LogP contribution in [-0.2, 0) is 11.2 Å². The lowest BCUT2D eigenvalue weighted by atomic mass is 10.1. The number of hydrogen-bond acceptors (Lipinski definition) is 4. The van der Waals surface area contributed by atoms with Crippen molar-refractivity contribution in [2.24, 2.45) is 0 Å². The lowest BCUT2D eigenvalue weighted by Gasteiger charge is -2.36. The average molecular weight is 342 g/mol. The van der Waals surface area contributed by atoms with Crippen LogP contribution in [0, 0.1) is 0 Å². The van der Waals surface area contributed by atoms with Crippen LogP contribution in [0.1, 0.15) is 12.5 Å². The van der Waals surface area contributed by atoms with Gasteiger partial charge in [-0.25, -0.2) is 0 Å². The molecule has 3 rings (SSSR count). The first-order valence-electron chi connectivity index (χ1n) is 8.01. The van der Waals surface area contributed by atoms with E-state index in [-0.39, 0.29) is 6.42 Å². The van der Waals surface area contributed by atoms with E-state index in [1.54, 1.807) is 11.8 Å². The summed E-state index contributed by atoms with van der Waals surface area (Å²) in [5.41, 5.74) is 3.13. The lowest BCUT2D eigenvalue weighted by Crippen LogP contribution is -2.37. The van der Waals surface area contributed by atoms with E-state index in [2.05, 4.69) is 55.1 Å². The van der Waals surface area contributed by atoms with Gasteiger partial charge in [-0.1, -0.05) is 30.0 Å². The predicted octanol–water partition coefficient (Wildman–Crippen LogP) is 3.87. The number of nitrogens with zero attached hydrogens (tertiary/aromatic N) is 2. The zero-order valence-corrected chi connectivity index (χ0v) is 15.0. The van der Waals surface area contributed by atoms with Gasteiger partial charge in [0.2, 0.25) is 0 Å². The normalized spacial score (nSPS) is 14.2. The number of fused-ring (bicyclic) bond motifs is 2. The van der Waals surface area contributed by atoms with Crippen LogP contribution < -0.4 is 4.90 Å². The van der Waals surface area contributed by atoms with Crippen molar-refractivity contribution in [3.8, 4) is 0 Å². The van der Waals surface area contributed by atoms with Crippen LogP contribution in [0.4, 0.5) is 11.4 Å². The van der Waals surface area contributed by atoms with Crippen molar-refractivity contribution in [3.63, 3.8) is 0 Å². The van der Waals surface area contributed by atoms with Crippen molar-refractivity contribution in [2.75, 3.05) is 25.5 Å². The largest absolute Gasteiger partial charge is 0.481 e. The number of para-hydroxylation sites is 1. The number of aliphatic carboxylic acids is 1. The van der Waals surface area contributed by atoms with Gasteiger partial charge in [0, 0.05) is 22.4 Å². The minimum absolute atomic E-state index is 0.0522. The molecule has 0 fully saturated rings. The topological polar surface area (TPSA) is 43.8 Å². The Morgan fingerprint density at radius 3 is 2.58 bits per heavy atom. The fourth-order valence-electron chi connectivity index (χ4n) is 2.78. The van der Waals surface area contributed by atoms with Gasteiger partial charge in [0.15, 0.2) is 0 Å².